The smallest absolute Gasteiger partial charge is 0.278 e. The van der Waals surface area contributed by atoms with E-state index < -0.39 is 11.8 Å². The Hall–Kier alpha value is -3.65. The van der Waals surface area contributed by atoms with Crippen molar-refractivity contribution in [2.24, 2.45) is 0 Å². The van der Waals surface area contributed by atoms with E-state index in [1.807, 2.05) is 11.4 Å². The van der Waals surface area contributed by atoms with E-state index in [4.69, 9.17) is 9.47 Å². The van der Waals surface area contributed by atoms with Gasteiger partial charge in [0.05, 0.1) is 26.3 Å². The van der Waals surface area contributed by atoms with Crippen LogP contribution in [0.25, 0.3) is 5.57 Å². The number of rotatable bonds is 7. The number of anilines is 1. The first-order valence-corrected chi connectivity index (χ1v) is 10.3. The van der Waals surface area contributed by atoms with Crippen LogP contribution in [0.1, 0.15) is 10.4 Å². The largest absolute Gasteiger partial charge is 0.493 e. The lowest BCUT2D eigenvalue weighted by molar-refractivity contribution is -0.137. The van der Waals surface area contributed by atoms with Gasteiger partial charge in [0.25, 0.3) is 11.8 Å². The third-order valence-corrected chi connectivity index (χ3v) is 5.73. The Balaban J connectivity index is 1.67. The van der Waals surface area contributed by atoms with Crippen molar-refractivity contribution in [2.45, 2.75) is 6.54 Å². The standard InChI is InChI=1S/C23H19FN2O4S/c1-29-17-10-5-14(12-18(17)30-2)13-26-22(27)20(19-4-3-11-31-19)21(23(26)28)25-16-8-6-15(24)7-9-16/h3-12,25H,13H2,1-2H3. The van der Waals surface area contributed by atoms with Crippen molar-refractivity contribution in [1.82, 2.24) is 4.90 Å². The SMILES string of the molecule is COc1ccc(CN2C(=O)C(Nc3ccc(F)cc3)=C(c3cccs3)C2=O)cc1OC. The maximum Gasteiger partial charge on any atom is 0.278 e. The highest BCUT2D eigenvalue weighted by Crippen LogP contribution is 2.35. The predicted molar refractivity (Wildman–Crippen MR) is 116 cm³/mol. The van der Waals surface area contributed by atoms with Crippen molar-refractivity contribution in [3.05, 3.63) is 81.9 Å². The molecule has 2 amide bonds. The lowest BCUT2D eigenvalue weighted by Crippen LogP contribution is -2.32. The molecule has 0 spiro atoms. The fourth-order valence-corrected chi connectivity index (χ4v) is 4.09. The van der Waals surface area contributed by atoms with Crippen LogP contribution in [0.2, 0.25) is 0 Å². The Kier molecular flexibility index (Phi) is 5.73. The molecule has 8 heteroatoms. The van der Waals surface area contributed by atoms with Crippen LogP contribution in [0.15, 0.2) is 65.7 Å². The van der Waals surface area contributed by atoms with Gasteiger partial charge in [-0.1, -0.05) is 12.1 Å². The van der Waals surface area contributed by atoms with Crippen LogP contribution in [0.3, 0.4) is 0 Å². The number of nitrogens with zero attached hydrogens (tertiary/aromatic N) is 1. The van der Waals surface area contributed by atoms with Crippen molar-refractivity contribution in [3.63, 3.8) is 0 Å². The van der Waals surface area contributed by atoms with E-state index in [0.717, 1.165) is 0 Å². The van der Waals surface area contributed by atoms with Gasteiger partial charge in [0, 0.05) is 10.6 Å². The summed E-state index contributed by atoms with van der Waals surface area (Å²) in [6.07, 6.45) is 0. The molecule has 6 nitrogen and oxygen atoms in total. The predicted octanol–water partition coefficient (Wildman–Crippen LogP) is 4.30. The summed E-state index contributed by atoms with van der Waals surface area (Å²) in [7, 11) is 3.06. The highest BCUT2D eigenvalue weighted by molar-refractivity contribution is 7.11. The van der Waals surface area contributed by atoms with Gasteiger partial charge in [0.1, 0.15) is 11.5 Å². The average molecular weight is 438 g/mol. The van der Waals surface area contributed by atoms with E-state index >= 15 is 0 Å². The number of thiophene rings is 1. The molecule has 1 aliphatic rings. The monoisotopic (exact) mass is 438 g/mol. The highest BCUT2D eigenvalue weighted by atomic mass is 32.1. The lowest BCUT2D eigenvalue weighted by atomic mass is 10.1. The Bertz CT molecular complexity index is 1160. The van der Waals surface area contributed by atoms with E-state index in [1.54, 1.807) is 24.3 Å². The number of methoxy groups -OCH3 is 2. The molecule has 0 bridgehead atoms. The molecule has 0 aliphatic carbocycles. The number of hydrogen-bond acceptors (Lipinski definition) is 6. The zero-order chi connectivity index (χ0) is 22.0. The Morgan fingerprint density at radius 2 is 1.71 bits per heavy atom. The van der Waals surface area contributed by atoms with Gasteiger partial charge in [-0.2, -0.15) is 0 Å². The average Bonchev–Trinajstić information content (AvgIpc) is 3.38. The van der Waals surface area contributed by atoms with Crippen molar-refractivity contribution in [2.75, 3.05) is 19.5 Å². The summed E-state index contributed by atoms with van der Waals surface area (Å²) in [5.41, 5.74) is 1.69. The van der Waals surface area contributed by atoms with Crippen molar-refractivity contribution < 1.29 is 23.5 Å². The van der Waals surface area contributed by atoms with Gasteiger partial charge in [-0.15, -0.1) is 11.3 Å². The molecular weight excluding hydrogens is 419 g/mol. The van der Waals surface area contributed by atoms with Crippen LogP contribution < -0.4 is 14.8 Å². The van der Waals surface area contributed by atoms with Crippen molar-refractivity contribution >= 4 is 34.4 Å². The molecule has 0 radical (unpaired) electrons. The zero-order valence-corrected chi connectivity index (χ0v) is 17.7. The molecular formula is C23H19FN2O4S. The summed E-state index contributed by atoms with van der Waals surface area (Å²) in [5.74, 6) is -0.169. The number of ether oxygens (including phenoxy) is 2. The summed E-state index contributed by atoms with van der Waals surface area (Å²) < 4.78 is 23.8. The van der Waals surface area contributed by atoms with Crippen molar-refractivity contribution in [1.29, 1.82) is 0 Å². The molecule has 1 N–H and O–H groups in total. The van der Waals surface area contributed by atoms with Crippen molar-refractivity contribution in [3.8, 4) is 11.5 Å². The fourth-order valence-electron chi connectivity index (χ4n) is 3.32. The van der Waals surface area contributed by atoms with Crippen LogP contribution in [-0.2, 0) is 16.1 Å². The molecule has 31 heavy (non-hydrogen) atoms. The molecule has 0 unspecified atom stereocenters. The lowest BCUT2D eigenvalue weighted by Gasteiger charge is -2.17. The molecule has 1 aliphatic heterocycles. The van der Waals surface area contributed by atoms with Crippen LogP contribution in [-0.4, -0.2) is 30.9 Å². The maximum absolute atomic E-state index is 13.3. The minimum atomic E-state index is -0.451. The molecule has 1 aromatic heterocycles. The fraction of sp³-hybridized carbons (Fsp3) is 0.130. The number of imide groups is 1. The summed E-state index contributed by atoms with van der Waals surface area (Å²) in [5, 5.41) is 4.85. The zero-order valence-electron chi connectivity index (χ0n) is 16.8. The number of carbonyl (C=O) groups excluding carboxylic acids is 2. The van der Waals surface area contributed by atoms with Gasteiger partial charge in [-0.3, -0.25) is 14.5 Å². The quantitative estimate of drug-likeness (QED) is 0.557. The molecule has 0 atom stereocenters. The first-order chi connectivity index (χ1) is 15.0. The maximum atomic E-state index is 13.3. The second kappa shape index (κ2) is 8.61. The topological polar surface area (TPSA) is 67.9 Å². The first kappa shape index (κ1) is 20.6. The number of nitrogens with one attached hydrogen (secondary N) is 1. The molecule has 0 saturated heterocycles. The van der Waals surface area contributed by atoms with Crippen LogP contribution in [0.4, 0.5) is 10.1 Å². The molecule has 4 rings (SSSR count). The summed E-state index contributed by atoms with van der Waals surface area (Å²) in [6.45, 7) is 0.0709. The molecule has 0 saturated carbocycles. The second-order valence-corrected chi connectivity index (χ2v) is 7.69. The van der Waals surface area contributed by atoms with Crippen LogP contribution in [0, 0.1) is 5.82 Å². The number of amides is 2. The third kappa shape index (κ3) is 4.02. The van der Waals surface area contributed by atoms with Gasteiger partial charge >= 0.3 is 0 Å². The minimum absolute atomic E-state index is 0.0709. The Morgan fingerprint density at radius 3 is 2.35 bits per heavy atom. The second-order valence-electron chi connectivity index (χ2n) is 6.74. The summed E-state index contributed by atoms with van der Waals surface area (Å²) in [6, 6.07) is 14.5. The highest BCUT2D eigenvalue weighted by Gasteiger charge is 2.39. The number of carbonyl (C=O) groups is 2. The summed E-state index contributed by atoms with van der Waals surface area (Å²) in [4.78, 5) is 28.3. The van der Waals surface area contributed by atoms with E-state index in [2.05, 4.69) is 5.32 Å². The third-order valence-electron chi connectivity index (χ3n) is 4.84. The van der Waals surface area contributed by atoms with Crippen LogP contribution in [0.5, 0.6) is 11.5 Å². The summed E-state index contributed by atoms with van der Waals surface area (Å²) >= 11 is 1.37. The minimum Gasteiger partial charge on any atom is -0.493 e. The molecule has 3 aromatic rings. The van der Waals surface area contributed by atoms with Gasteiger partial charge < -0.3 is 14.8 Å². The molecule has 0 fully saturated rings. The van der Waals surface area contributed by atoms with Gasteiger partial charge in [0.15, 0.2) is 11.5 Å². The number of benzene rings is 2. The molecule has 2 heterocycles. The molecule has 2 aromatic carbocycles. The van der Waals surface area contributed by atoms with E-state index in [1.165, 1.54) is 54.7 Å². The van der Waals surface area contributed by atoms with Gasteiger partial charge in [-0.05, 0) is 53.4 Å². The van der Waals surface area contributed by atoms with E-state index in [0.29, 0.717) is 33.2 Å². The van der Waals surface area contributed by atoms with Crippen LogP contribution >= 0.6 is 11.3 Å². The Labute approximate surface area is 182 Å². The first-order valence-electron chi connectivity index (χ1n) is 9.39. The molecule has 158 valence electrons. The normalized spacial score (nSPS) is 13.7. The number of halogens is 1. The van der Waals surface area contributed by atoms with Gasteiger partial charge in [0.2, 0.25) is 0 Å². The number of hydrogen-bond donors (Lipinski definition) is 1. The Morgan fingerprint density at radius 1 is 0.968 bits per heavy atom. The van der Waals surface area contributed by atoms with Gasteiger partial charge in [-0.25, -0.2) is 4.39 Å². The van der Waals surface area contributed by atoms with E-state index in [9.17, 15) is 14.0 Å². The van der Waals surface area contributed by atoms with E-state index in [-0.39, 0.29) is 18.1 Å².